The summed E-state index contributed by atoms with van der Waals surface area (Å²) < 4.78 is 5.38. The van der Waals surface area contributed by atoms with E-state index < -0.39 is 0 Å². The largest absolute Gasteiger partial charge is 0.494 e. The summed E-state index contributed by atoms with van der Waals surface area (Å²) in [5.41, 5.74) is 1.36. The van der Waals surface area contributed by atoms with Crippen molar-refractivity contribution in [1.29, 1.82) is 0 Å². The summed E-state index contributed by atoms with van der Waals surface area (Å²) in [6.07, 6.45) is 1.39. The van der Waals surface area contributed by atoms with Crippen LogP contribution < -0.4 is 10.3 Å². The molecule has 0 amide bonds. The lowest BCUT2D eigenvalue weighted by Crippen LogP contribution is -2.04. The molecule has 2 rings (SSSR count). The minimum atomic E-state index is -0.160. The first-order valence-corrected chi connectivity index (χ1v) is 5.07. The molecule has 0 aliphatic rings. The minimum absolute atomic E-state index is 0.160. The van der Waals surface area contributed by atoms with E-state index in [1.807, 2.05) is 31.2 Å². The van der Waals surface area contributed by atoms with Crippen LogP contribution in [0.1, 0.15) is 6.92 Å². The van der Waals surface area contributed by atoms with Crippen LogP contribution in [0.3, 0.4) is 0 Å². The number of benzene rings is 1. The van der Waals surface area contributed by atoms with Crippen LogP contribution in [-0.4, -0.2) is 16.6 Å². The minimum Gasteiger partial charge on any atom is -0.494 e. The maximum atomic E-state index is 11.1. The molecular formula is C12H12N2O2. The number of aromatic amines is 1. The second kappa shape index (κ2) is 4.61. The van der Waals surface area contributed by atoms with Gasteiger partial charge in [-0.2, -0.15) is 0 Å². The molecule has 0 aliphatic heterocycles. The zero-order valence-electron chi connectivity index (χ0n) is 8.93. The summed E-state index contributed by atoms with van der Waals surface area (Å²) in [6.45, 7) is 2.55. The third-order valence-electron chi connectivity index (χ3n) is 2.12. The summed E-state index contributed by atoms with van der Waals surface area (Å²) in [5, 5.41) is 0. The third-order valence-corrected chi connectivity index (χ3v) is 2.12. The van der Waals surface area contributed by atoms with Crippen LogP contribution in [-0.2, 0) is 0 Å². The number of aromatic nitrogens is 2. The number of hydrogen-bond donors (Lipinski definition) is 1. The zero-order valence-corrected chi connectivity index (χ0v) is 8.93. The molecule has 2 aromatic rings. The van der Waals surface area contributed by atoms with Crippen molar-refractivity contribution < 1.29 is 4.74 Å². The number of ether oxygens (including phenoxy) is 1. The van der Waals surface area contributed by atoms with E-state index in [1.54, 1.807) is 0 Å². The van der Waals surface area contributed by atoms with Gasteiger partial charge in [0.05, 0.1) is 18.6 Å². The first-order valence-electron chi connectivity index (χ1n) is 5.07. The van der Waals surface area contributed by atoms with Crippen LogP contribution in [0.15, 0.2) is 41.5 Å². The smallest absolute Gasteiger partial charge is 0.251 e. The van der Waals surface area contributed by atoms with E-state index in [-0.39, 0.29) is 5.56 Å². The molecule has 0 bridgehead atoms. The topological polar surface area (TPSA) is 55.0 Å². The van der Waals surface area contributed by atoms with Gasteiger partial charge in [-0.05, 0) is 19.1 Å². The highest BCUT2D eigenvalue weighted by molar-refractivity contribution is 5.60. The van der Waals surface area contributed by atoms with Crippen molar-refractivity contribution in [3.8, 4) is 17.0 Å². The van der Waals surface area contributed by atoms with E-state index in [9.17, 15) is 4.79 Å². The SMILES string of the molecule is CCOc1cccc(-c2cc(=O)[nH]cn2)c1. The Morgan fingerprint density at radius 1 is 1.38 bits per heavy atom. The summed E-state index contributed by atoms with van der Waals surface area (Å²) in [4.78, 5) is 17.7. The monoisotopic (exact) mass is 216 g/mol. The van der Waals surface area contributed by atoms with Gasteiger partial charge in [0.15, 0.2) is 0 Å². The molecule has 0 aliphatic carbocycles. The van der Waals surface area contributed by atoms with Gasteiger partial charge in [-0.15, -0.1) is 0 Å². The lowest BCUT2D eigenvalue weighted by atomic mass is 10.1. The highest BCUT2D eigenvalue weighted by Gasteiger charge is 2.01. The Hall–Kier alpha value is -2.10. The number of hydrogen-bond acceptors (Lipinski definition) is 3. The molecule has 0 saturated carbocycles. The Labute approximate surface area is 92.9 Å². The van der Waals surface area contributed by atoms with Gasteiger partial charge in [0.25, 0.3) is 5.56 Å². The molecule has 0 radical (unpaired) electrons. The summed E-state index contributed by atoms with van der Waals surface area (Å²) >= 11 is 0. The zero-order chi connectivity index (χ0) is 11.4. The third kappa shape index (κ3) is 2.28. The maximum absolute atomic E-state index is 11.1. The molecule has 0 unspecified atom stereocenters. The van der Waals surface area contributed by atoms with Gasteiger partial charge in [-0.25, -0.2) is 4.98 Å². The standard InChI is InChI=1S/C12H12N2O2/c1-2-16-10-5-3-4-9(6-10)11-7-12(15)14-8-13-11/h3-8H,2H2,1H3,(H,13,14,15). The Morgan fingerprint density at radius 2 is 2.25 bits per heavy atom. The second-order valence-corrected chi connectivity index (χ2v) is 3.26. The average molecular weight is 216 g/mol. The molecule has 4 nitrogen and oxygen atoms in total. The fourth-order valence-electron chi connectivity index (χ4n) is 1.44. The fourth-order valence-corrected chi connectivity index (χ4v) is 1.44. The van der Waals surface area contributed by atoms with Gasteiger partial charge in [-0.1, -0.05) is 12.1 Å². The molecule has 82 valence electrons. The molecule has 0 atom stereocenters. The van der Waals surface area contributed by atoms with Gasteiger partial charge in [0.2, 0.25) is 0 Å². The summed E-state index contributed by atoms with van der Waals surface area (Å²) in [7, 11) is 0. The first kappa shape index (κ1) is 10.4. The van der Waals surface area contributed by atoms with Crippen molar-refractivity contribution in [3.05, 3.63) is 47.0 Å². The number of H-pyrrole nitrogens is 1. The van der Waals surface area contributed by atoms with Gasteiger partial charge in [0, 0.05) is 11.6 Å². The summed E-state index contributed by atoms with van der Waals surface area (Å²) in [5.74, 6) is 0.780. The lowest BCUT2D eigenvalue weighted by Gasteiger charge is -2.05. The highest BCUT2D eigenvalue weighted by Crippen LogP contribution is 2.20. The highest BCUT2D eigenvalue weighted by atomic mass is 16.5. The van der Waals surface area contributed by atoms with Crippen molar-refractivity contribution in [3.63, 3.8) is 0 Å². The van der Waals surface area contributed by atoms with Gasteiger partial charge >= 0.3 is 0 Å². The van der Waals surface area contributed by atoms with E-state index in [0.717, 1.165) is 11.3 Å². The molecule has 0 spiro atoms. The molecule has 4 heteroatoms. The van der Waals surface area contributed by atoms with Crippen molar-refractivity contribution in [2.45, 2.75) is 6.92 Å². The Kier molecular flexibility index (Phi) is 3.00. The van der Waals surface area contributed by atoms with Crippen LogP contribution in [0.2, 0.25) is 0 Å². The second-order valence-electron chi connectivity index (χ2n) is 3.26. The number of nitrogens with zero attached hydrogens (tertiary/aromatic N) is 1. The van der Waals surface area contributed by atoms with Crippen molar-refractivity contribution in [2.24, 2.45) is 0 Å². The molecule has 1 N–H and O–H groups in total. The molecule has 0 saturated heterocycles. The van der Waals surface area contributed by atoms with E-state index in [4.69, 9.17) is 4.74 Å². The normalized spacial score (nSPS) is 10.1. The first-order chi connectivity index (χ1) is 7.79. The van der Waals surface area contributed by atoms with Crippen LogP contribution in [0, 0.1) is 0 Å². The maximum Gasteiger partial charge on any atom is 0.251 e. The predicted molar refractivity (Wildman–Crippen MR) is 61.5 cm³/mol. The molecule has 1 aromatic carbocycles. The molecule has 16 heavy (non-hydrogen) atoms. The van der Waals surface area contributed by atoms with Gasteiger partial charge in [-0.3, -0.25) is 4.79 Å². The predicted octanol–water partition coefficient (Wildman–Crippen LogP) is 1.84. The van der Waals surface area contributed by atoms with E-state index in [1.165, 1.54) is 12.4 Å². The summed E-state index contributed by atoms with van der Waals surface area (Å²) in [6, 6.07) is 8.98. The van der Waals surface area contributed by atoms with Crippen molar-refractivity contribution >= 4 is 0 Å². The molecule has 1 aromatic heterocycles. The Morgan fingerprint density at radius 3 is 3.00 bits per heavy atom. The van der Waals surface area contributed by atoms with E-state index in [2.05, 4.69) is 9.97 Å². The van der Waals surface area contributed by atoms with Crippen LogP contribution in [0.25, 0.3) is 11.3 Å². The lowest BCUT2D eigenvalue weighted by molar-refractivity contribution is 0.340. The molecule has 1 heterocycles. The van der Waals surface area contributed by atoms with Gasteiger partial charge < -0.3 is 9.72 Å². The molecular weight excluding hydrogens is 204 g/mol. The Bertz CT molecular complexity index is 534. The fraction of sp³-hybridized carbons (Fsp3) is 0.167. The van der Waals surface area contributed by atoms with E-state index >= 15 is 0 Å². The van der Waals surface area contributed by atoms with Crippen molar-refractivity contribution in [1.82, 2.24) is 9.97 Å². The van der Waals surface area contributed by atoms with Gasteiger partial charge in [0.1, 0.15) is 5.75 Å². The van der Waals surface area contributed by atoms with Crippen LogP contribution in [0.5, 0.6) is 5.75 Å². The van der Waals surface area contributed by atoms with Crippen LogP contribution >= 0.6 is 0 Å². The average Bonchev–Trinajstić information content (AvgIpc) is 2.30. The number of rotatable bonds is 3. The van der Waals surface area contributed by atoms with E-state index in [0.29, 0.717) is 12.3 Å². The van der Waals surface area contributed by atoms with Crippen LogP contribution in [0.4, 0.5) is 0 Å². The quantitative estimate of drug-likeness (QED) is 0.851. The number of nitrogens with one attached hydrogen (secondary N) is 1. The Balaban J connectivity index is 2.40. The van der Waals surface area contributed by atoms with Crippen molar-refractivity contribution in [2.75, 3.05) is 6.61 Å². The molecule has 0 fully saturated rings.